The van der Waals surface area contributed by atoms with Gasteiger partial charge in [0.05, 0.1) is 5.92 Å². The van der Waals surface area contributed by atoms with Crippen LogP contribution in [-0.4, -0.2) is 12.1 Å². The molecule has 0 saturated heterocycles. The van der Waals surface area contributed by atoms with Crippen LogP contribution in [0.2, 0.25) is 0 Å². The normalized spacial score (nSPS) is 19.5. The Morgan fingerprint density at radius 2 is 1.80 bits per heavy atom. The van der Waals surface area contributed by atoms with Gasteiger partial charge in [-0.05, 0) is 38.0 Å². The van der Waals surface area contributed by atoms with Crippen molar-refractivity contribution in [2.24, 2.45) is 11.8 Å². The first kappa shape index (κ1) is 12.5. The molecule has 2 nitrogen and oxygen atoms in total. The topological polar surface area (TPSA) is 26.3 Å². The van der Waals surface area contributed by atoms with Crippen molar-refractivity contribution in [1.82, 2.24) is 0 Å². The molecule has 0 heterocycles. The molecule has 0 aromatic carbocycles. The second-order valence-corrected chi connectivity index (χ2v) is 5.22. The van der Waals surface area contributed by atoms with E-state index in [1.165, 1.54) is 12.8 Å². The van der Waals surface area contributed by atoms with Crippen molar-refractivity contribution in [2.45, 2.75) is 65.4 Å². The van der Waals surface area contributed by atoms with Gasteiger partial charge in [0.1, 0.15) is 6.10 Å². The van der Waals surface area contributed by atoms with Gasteiger partial charge in [0, 0.05) is 0 Å². The van der Waals surface area contributed by atoms with Gasteiger partial charge in [-0.1, -0.05) is 27.2 Å². The largest absolute Gasteiger partial charge is 0.462 e. The molecule has 1 atom stereocenters. The van der Waals surface area contributed by atoms with Crippen LogP contribution in [0.25, 0.3) is 0 Å². The minimum atomic E-state index is 0.0163. The molecule has 0 radical (unpaired) electrons. The average molecular weight is 212 g/mol. The summed E-state index contributed by atoms with van der Waals surface area (Å²) in [6, 6.07) is 0. The van der Waals surface area contributed by atoms with Crippen LogP contribution in [0.1, 0.15) is 59.3 Å². The number of hydrogen-bond donors (Lipinski definition) is 0. The van der Waals surface area contributed by atoms with Crippen LogP contribution in [-0.2, 0) is 9.53 Å². The van der Waals surface area contributed by atoms with Crippen LogP contribution >= 0.6 is 0 Å². The molecule has 0 amide bonds. The average Bonchev–Trinajstić information content (AvgIpc) is 2.66. The fourth-order valence-corrected chi connectivity index (χ4v) is 1.99. The molecule has 0 spiro atoms. The molecule has 1 fully saturated rings. The molecule has 15 heavy (non-hydrogen) atoms. The number of carbonyl (C=O) groups is 1. The maximum absolute atomic E-state index is 11.7. The number of esters is 1. The Morgan fingerprint density at radius 1 is 1.20 bits per heavy atom. The van der Waals surface area contributed by atoms with Crippen LogP contribution in [0.4, 0.5) is 0 Å². The van der Waals surface area contributed by atoms with Crippen molar-refractivity contribution in [1.29, 1.82) is 0 Å². The monoisotopic (exact) mass is 212 g/mol. The van der Waals surface area contributed by atoms with Gasteiger partial charge in [0.15, 0.2) is 0 Å². The fraction of sp³-hybridized carbons (Fsp3) is 0.923. The highest BCUT2D eigenvalue weighted by atomic mass is 16.5. The molecule has 1 rings (SSSR count). The van der Waals surface area contributed by atoms with E-state index in [1.807, 2.05) is 6.92 Å². The molecule has 2 heteroatoms. The van der Waals surface area contributed by atoms with E-state index in [9.17, 15) is 4.79 Å². The molecule has 0 aliphatic heterocycles. The SMILES string of the molecule is CC(C)CC[C@@H](C)C(=O)OC1CCCC1. The van der Waals surface area contributed by atoms with Crippen molar-refractivity contribution in [3.63, 3.8) is 0 Å². The Labute approximate surface area is 93.4 Å². The summed E-state index contributed by atoms with van der Waals surface area (Å²) in [6.45, 7) is 6.36. The Balaban J connectivity index is 2.20. The van der Waals surface area contributed by atoms with E-state index in [4.69, 9.17) is 4.74 Å². The summed E-state index contributed by atoms with van der Waals surface area (Å²) in [5, 5.41) is 0. The van der Waals surface area contributed by atoms with Crippen molar-refractivity contribution >= 4 is 5.97 Å². The summed E-state index contributed by atoms with van der Waals surface area (Å²) < 4.78 is 5.47. The van der Waals surface area contributed by atoms with Gasteiger partial charge in [-0.15, -0.1) is 0 Å². The van der Waals surface area contributed by atoms with Gasteiger partial charge in [-0.2, -0.15) is 0 Å². The number of ether oxygens (including phenoxy) is 1. The molecule has 0 aromatic heterocycles. The molecule has 88 valence electrons. The van der Waals surface area contributed by atoms with Gasteiger partial charge in [0.25, 0.3) is 0 Å². The third-order valence-corrected chi connectivity index (χ3v) is 3.16. The lowest BCUT2D eigenvalue weighted by molar-refractivity contribution is -0.153. The Kier molecular flexibility index (Phi) is 5.13. The van der Waals surface area contributed by atoms with Crippen molar-refractivity contribution in [3.8, 4) is 0 Å². The fourth-order valence-electron chi connectivity index (χ4n) is 1.99. The van der Waals surface area contributed by atoms with Crippen molar-refractivity contribution in [3.05, 3.63) is 0 Å². The van der Waals surface area contributed by atoms with E-state index in [-0.39, 0.29) is 18.0 Å². The van der Waals surface area contributed by atoms with E-state index in [2.05, 4.69) is 13.8 Å². The molecular weight excluding hydrogens is 188 g/mol. The second-order valence-electron chi connectivity index (χ2n) is 5.22. The van der Waals surface area contributed by atoms with Crippen LogP contribution in [0.5, 0.6) is 0 Å². The van der Waals surface area contributed by atoms with Crippen molar-refractivity contribution in [2.75, 3.05) is 0 Å². The van der Waals surface area contributed by atoms with E-state index in [0.29, 0.717) is 5.92 Å². The summed E-state index contributed by atoms with van der Waals surface area (Å²) >= 11 is 0. The molecule has 1 aliphatic carbocycles. The summed E-state index contributed by atoms with van der Waals surface area (Å²) in [4.78, 5) is 11.7. The highest BCUT2D eigenvalue weighted by molar-refractivity contribution is 5.72. The molecule has 0 N–H and O–H groups in total. The zero-order valence-electron chi connectivity index (χ0n) is 10.3. The first-order chi connectivity index (χ1) is 7.09. The highest BCUT2D eigenvalue weighted by Gasteiger charge is 2.22. The number of rotatable bonds is 5. The smallest absolute Gasteiger partial charge is 0.308 e. The van der Waals surface area contributed by atoms with Gasteiger partial charge < -0.3 is 4.74 Å². The quantitative estimate of drug-likeness (QED) is 0.651. The van der Waals surface area contributed by atoms with Crippen LogP contribution < -0.4 is 0 Å². The Hall–Kier alpha value is -0.530. The van der Waals surface area contributed by atoms with Gasteiger partial charge in [0.2, 0.25) is 0 Å². The lowest BCUT2D eigenvalue weighted by Crippen LogP contribution is -2.21. The molecule has 0 bridgehead atoms. The van der Waals surface area contributed by atoms with E-state index in [0.717, 1.165) is 25.7 Å². The summed E-state index contributed by atoms with van der Waals surface area (Å²) in [5.41, 5.74) is 0. The summed E-state index contributed by atoms with van der Waals surface area (Å²) in [5.74, 6) is 0.766. The zero-order valence-corrected chi connectivity index (χ0v) is 10.3. The Bertz CT molecular complexity index is 193. The minimum absolute atomic E-state index is 0.0163. The lowest BCUT2D eigenvalue weighted by atomic mass is 9.99. The molecular formula is C13H24O2. The second kappa shape index (κ2) is 6.14. The maximum atomic E-state index is 11.7. The molecule has 0 aromatic rings. The summed E-state index contributed by atoms with van der Waals surface area (Å²) in [7, 11) is 0. The number of carbonyl (C=O) groups excluding carboxylic acids is 1. The van der Waals surface area contributed by atoms with Crippen molar-refractivity contribution < 1.29 is 9.53 Å². The third-order valence-electron chi connectivity index (χ3n) is 3.16. The van der Waals surface area contributed by atoms with Gasteiger partial charge in [-0.3, -0.25) is 4.79 Å². The standard InChI is InChI=1S/C13H24O2/c1-10(2)8-9-11(3)13(14)15-12-6-4-5-7-12/h10-12H,4-9H2,1-3H3/t11-/m1/s1. The summed E-state index contributed by atoms with van der Waals surface area (Å²) in [6.07, 6.45) is 6.88. The molecule has 1 saturated carbocycles. The molecule has 0 unspecified atom stereocenters. The lowest BCUT2D eigenvalue weighted by Gasteiger charge is -2.16. The first-order valence-electron chi connectivity index (χ1n) is 6.30. The number of hydrogen-bond acceptors (Lipinski definition) is 2. The van der Waals surface area contributed by atoms with Gasteiger partial charge in [-0.25, -0.2) is 0 Å². The zero-order chi connectivity index (χ0) is 11.3. The third kappa shape index (κ3) is 4.67. The van der Waals surface area contributed by atoms with Crippen LogP contribution in [0.15, 0.2) is 0 Å². The molecule has 1 aliphatic rings. The van der Waals surface area contributed by atoms with Crippen LogP contribution in [0.3, 0.4) is 0 Å². The van der Waals surface area contributed by atoms with E-state index >= 15 is 0 Å². The van der Waals surface area contributed by atoms with E-state index in [1.54, 1.807) is 0 Å². The van der Waals surface area contributed by atoms with Crippen LogP contribution in [0, 0.1) is 11.8 Å². The predicted molar refractivity (Wildman–Crippen MR) is 61.6 cm³/mol. The highest BCUT2D eigenvalue weighted by Crippen LogP contribution is 2.23. The minimum Gasteiger partial charge on any atom is -0.462 e. The maximum Gasteiger partial charge on any atom is 0.308 e. The van der Waals surface area contributed by atoms with Gasteiger partial charge >= 0.3 is 5.97 Å². The predicted octanol–water partition coefficient (Wildman–Crippen LogP) is 3.54. The first-order valence-corrected chi connectivity index (χ1v) is 6.30. The Morgan fingerprint density at radius 3 is 2.33 bits per heavy atom. The van der Waals surface area contributed by atoms with E-state index < -0.39 is 0 Å².